The molecule has 3 heterocycles. The van der Waals surface area contributed by atoms with Crippen molar-refractivity contribution in [2.24, 2.45) is 5.73 Å². The monoisotopic (exact) mass is 637 g/mol. The molecule has 0 aliphatic carbocycles. The van der Waals surface area contributed by atoms with Gasteiger partial charge in [0.1, 0.15) is 18.3 Å². The van der Waals surface area contributed by atoms with Gasteiger partial charge in [-0.1, -0.05) is 12.8 Å². The number of H-pyrrole nitrogens is 1. The van der Waals surface area contributed by atoms with Crippen molar-refractivity contribution in [2.75, 3.05) is 30.7 Å². The second kappa shape index (κ2) is 13.0. The van der Waals surface area contributed by atoms with Gasteiger partial charge in [-0.05, 0) is 19.4 Å². The fraction of sp³-hybridized carbons (Fsp3) is 0.688. The molecule has 1 aliphatic rings. The minimum absolute atomic E-state index is 0.0159. The smallest absolute Gasteiger partial charge is 0.387 e. The second-order valence-electron chi connectivity index (χ2n) is 8.49. The predicted octanol–water partition coefficient (Wildman–Crippen LogP) is -1.40. The summed E-state index contributed by atoms with van der Waals surface area (Å²) < 4.78 is 52.8. The molecule has 0 aromatic carbocycles. The van der Waals surface area contributed by atoms with Crippen LogP contribution in [0.25, 0.3) is 11.2 Å². The molecule has 24 heteroatoms. The zero-order valence-corrected chi connectivity index (χ0v) is 23.2. The van der Waals surface area contributed by atoms with Crippen LogP contribution in [0.4, 0.5) is 11.9 Å². The van der Waals surface area contributed by atoms with Crippen molar-refractivity contribution < 1.29 is 61.4 Å². The summed E-state index contributed by atoms with van der Waals surface area (Å²) in [5.41, 5.74) is 10.1. The fourth-order valence-electron chi connectivity index (χ4n) is 3.74. The van der Waals surface area contributed by atoms with Crippen molar-refractivity contribution >= 4 is 46.5 Å². The van der Waals surface area contributed by atoms with Gasteiger partial charge in [0, 0.05) is 6.54 Å². The summed E-state index contributed by atoms with van der Waals surface area (Å²) in [4.78, 5) is 59.1. The van der Waals surface area contributed by atoms with Gasteiger partial charge >= 0.3 is 23.5 Å². The number of unbranched alkanes of at least 4 members (excludes halogenated alkanes) is 3. The quantitative estimate of drug-likeness (QED) is 0.0792. The Kier molecular flexibility index (Phi) is 10.6. The van der Waals surface area contributed by atoms with Crippen molar-refractivity contribution in [1.29, 1.82) is 0 Å². The lowest BCUT2D eigenvalue weighted by Crippen LogP contribution is -2.34. The van der Waals surface area contributed by atoms with Gasteiger partial charge in [-0.25, -0.2) is 18.7 Å². The number of aliphatic hydroxyl groups excluding tert-OH is 2. The summed E-state index contributed by atoms with van der Waals surface area (Å²) >= 11 is 0. The molecule has 0 spiro atoms. The third-order valence-electron chi connectivity index (χ3n) is 5.39. The lowest BCUT2D eigenvalue weighted by Gasteiger charge is -2.20. The van der Waals surface area contributed by atoms with Gasteiger partial charge in [-0.15, -0.1) is 0 Å². The number of aromatic nitrogens is 4. The van der Waals surface area contributed by atoms with E-state index < -0.39 is 60.2 Å². The molecule has 40 heavy (non-hydrogen) atoms. The number of nitrogen functional groups attached to an aromatic ring is 1. The molecule has 3 rings (SSSR count). The Morgan fingerprint density at radius 2 is 1.68 bits per heavy atom. The maximum Gasteiger partial charge on any atom is 0.490 e. The van der Waals surface area contributed by atoms with E-state index in [1.807, 2.05) is 0 Å². The number of rotatable bonds is 15. The summed E-state index contributed by atoms with van der Waals surface area (Å²) in [5, 5.41) is 24.2. The molecule has 2 aromatic heterocycles. The van der Waals surface area contributed by atoms with Gasteiger partial charge < -0.3 is 51.3 Å². The van der Waals surface area contributed by atoms with Crippen LogP contribution in [0.3, 0.4) is 0 Å². The highest BCUT2D eigenvalue weighted by atomic mass is 31.3. The van der Waals surface area contributed by atoms with E-state index in [-0.39, 0.29) is 23.1 Å². The van der Waals surface area contributed by atoms with Gasteiger partial charge in [0.15, 0.2) is 17.4 Å². The highest BCUT2D eigenvalue weighted by molar-refractivity contribution is 7.66. The molecule has 1 fully saturated rings. The van der Waals surface area contributed by atoms with Crippen molar-refractivity contribution in [3.05, 3.63) is 10.4 Å². The molecule has 0 bridgehead atoms. The number of aromatic amines is 1. The average molecular weight is 637 g/mol. The van der Waals surface area contributed by atoms with Crippen LogP contribution in [0.5, 0.6) is 0 Å². The summed E-state index contributed by atoms with van der Waals surface area (Å²) in [6.07, 6.45) is -3.36. The molecule has 0 saturated carbocycles. The Hall–Kier alpha value is -1.80. The molecular weight excluding hydrogens is 607 g/mol. The summed E-state index contributed by atoms with van der Waals surface area (Å²) in [7, 11) is -16.9. The maximum atomic E-state index is 12.4. The van der Waals surface area contributed by atoms with E-state index in [1.165, 1.54) is 0 Å². The summed E-state index contributed by atoms with van der Waals surface area (Å²) in [6.45, 7) is -0.102. The Morgan fingerprint density at radius 1 is 1.00 bits per heavy atom. The molecule has 228 valence electrons. The number of imidazole rings is 1. The van der Waals surface area contributed by atoms with Crippen LogP contribution < -0.4 is 22.3 Å². The molecular formula is C16H30N7O14P3. The average Bonchev–Trinajstić information content (AvgIpc) is 3.29. The van der Waals surface area contributed by atoms with Crippen molar-refractivity contribution in [3.8, 4) is 0 Å². The zero-order valence-electron chi connectivity index (χ0n) is 20.5. The number of nitrogens with zero attached hydrogens (tertiary/aromatic N) is 3. The number of hydrogen-bond acceptors (Lipinski definition) is 15. The van der Waals surface area contributed by atoms with Crippen molar-refractivity contribution in [2.45, 2.75) is 50.2 Å². The van der Waals surface area contributed by atoms with Crippen LogP contribution in [0.1, 0.15) is 31.9 Å². The lowest BCUT2D eigenvalue weighted by molar-refractivity contribution is -0.0493. The maximum absolute atomic E-state index is 12.4. The lowest BCUT2D eigenvalue weighted by atomic mass is 10.1. The first-order valence-corrected chi connectivity index (χ1v) is 16.1. The third kappa shape index (κ3) is 8.60. The number of phosphoric ester groups is 1. The van der Waals surface area contributed by atoms with Crippen LogP contribution in [-0.4, -0.2) is 87.3 Å². The van der Waals surface area contributed by atoms with E-state index in [2.05, 4.69) is 33.4 Å². The molecule has 1 aliphatic heterocycles. The van der Waals surface area contributed by atoms with Gasteiger partial charge in [0.2, 0.25) is 11.9 Å². The summed E-state index contributed by atoms with van der Waals surface area (Å²) in [5.74, 6) is -0.272. The zero-order chi connectivity index (χ0) is 29.9. The predicted molar refractivity (Wildman–Crippen MR) is 134 cm³/mol. The molecule has 21 nitrogen and oxygen atoms in total. The third-order valence-corrected chi connectivity index (χ3v) is 9.20. The molecule has 2 unspecified atom stereocenters. The minimum atomic E-state index is -5.77. The fourth-order valence-corrected chi connectivity index (χ4v) is 6.77. The number of ether oxygens (including phenoxy) is 1. The van der Waals surface area contributed by atoms with Crippen molar-refractivity contribution in [3.63, 3.8) is 0 Å². The number of nitrogens with two attached hydrogens (primary N) is 2. The first-order chi connectivity index (χ1) is 18.5. The summed E-state index contributed by atoms with van der Waals surface area (Å²) in [6, 6.07) is 0. The van der Waals surface area contributed by atoms with Crippen LogP contribution in [0, 0.1) is 0 Å². The Bertz CT molecular complexity index is 1380. The van der Waals surface area contributed by atoms with Gasteiger partial charge in [-0.2, -0.15) is 13.6 Å². The molecule has 0 amide bonds. The van der Waals surface area contributed by atoms with E-state index in [1.54, 1.807) is 0 Å². The van der Waals surface area contributed by atoms with E-state index in [0.29, 0.717) is 19.5 Å². The number of anilines is 2. The van der Waals surface area contributed by atoms with Crippen LogP contribution in [-0.2, 0) is 31.6 Å². The number of phosphoric acid groups is 3. The van der Waals surface area contributed by atoms with Crippen LogP contribution in [0.2, 0.25) is 0 Å². The Balaban J connectivity index is 1.79. The second-order valence-corrected chi connectivity index (χ2v) is 12.9. The SMILES string of the molecule is NCCCCCCNc1nc2c(=O)[nH]c(N)nc2n1[C@@H]1O[C@H](COP(=O)(O)OP(=O)(O)OP(=O)(O)O)[C@@H](O)[C@H]1O. The highest BCUT2D eigenvalue weighted by Gasteiger charge is 2.47. The van der Waals surface area contributed by atoms with Crippen molar-refractivity contribution in [1.82, 2.24) is 19.5 Å². The minimum Gasteiger partial charge on any atom is -0.387 e. The molecule has 12 N–H and O–H groups in total. The standard InChI is InChI=1S/C16H30N7O14P3/c17-5-3-1-2-4-6-19-16-20-9-12(21-15(18)22-13(9)26)23(16)14-11(25)10(24)8(35-14)7-34-39(30,31)37-40(32,33)36-38(27,28)29/h8,10-11,14,24-25H,1-7,17H2,(H,19,20)(H,30,31)(H,32,33)(H2,27,28,29)(H3,18,21,22,26)/t8-,10-,11-,14-/m1/s1. The van der Waals surface area contributed by atoms with E-state index in [0.717, 1.165) is 23.8 Å². The Labute approximate surface area is 224 Å². The normalized spacial score (nSPS) is 24.7. The number of fused-ring (bicyclic) bond motifs is 1. The van der Waals surface area contributed by atoms with E-state index in [4.69, 9.17) is 26.0 Å². The number of hydrogen-bond donors (Lipinski definition) is 10. The largest absolute Gasteiger partial charge is 0.490 e. The van der Waals surface area contributed by atoms with Crippen LogP contribution >= 0.6 is 23.5 Å². The van der Waals surface area contributed by atoms with Crippen LogP contribution in [0.15, 0.2) is 4.79 Å². The number of aliphatic hydroxyl groups is 2. The number of nitrogens with one attached hydrogen (secondary N) is 2. The molecule has 1 saturated heterocycles. The Morgan fingerprint density at radius 3 is 2.33 bits per heavy atom. The topological polar surface area (TPSA) is 337 Å². The molecule has 6 atom stereocenters. The van der Waals surface area contributed by atoms with Gasteiger partial charge in [-0.3, -0.25) is 18.9 Å². The van der Waals surface area contributed by atoms with E-state index in [9.17, 15) is 38.5 Å². The highest BCUT2D eigenvalue weighted by Crippen LogP contribution is 2.66. The molecule has 2 aromatic rings. The van der Waals surface area contributed by atoms with E-state index >= 15 is 0 Å². The first-order valence-electron chi connectivity index (χ1n) is 11.5. The van der Waals surface area contributed by atoms with Gasteiger partial charge in [0.25, 0.3) is 5.56 Å². The van der Waals surface area contributed by atoms with Gasteiger partial charge in [0.05, 0.1) is 6.61 Å². The molecule has 0 radical (unpaired) electrons. The first kappa shape index (κ1) is 32.7.